The number of rotatable bonds is 2. The molecular weight excluding hydrogens is 210 g/mol. The number of carbonyl (C=O) groups is 1. The summed E-state index contributed by atoms with van der Waals surface area (Å²) in [6, 6.07) is 6.52. The number of hydrogen-bond donors (Lipinski definition) is 3. The molecule has 2 aromatic rings. The zero-order valence-corrected chi connectivity index (χ0v) is 8.16. The normalized spacial score (nSPS) is 9.81. The minimum absolute atomic E-state index is 0.492. The monoisotopic (exact) mass is 219 g/mol. The fraction of sp³-hybridized carbons (Fsp3) is 0. The zero-order valence-electron chi connectivity index (χ0n) is 8.16. The molecule has 0 spiro atoms. The number of anilines is 1. The molecule has 1 aromatic carbocycles. The predicted octanol–water partition coefficient (Wildman–Crippen LogP) is -0.343. The van der Waals surface area contributed by atoms with Crippen LogP contribution in [0.2, 0.25) is 0 Å². The van der Waals surface area contributed by atoms with Gasteiger partial charge in [-0.1, -0.05) is 6.07 Å². The minimum Gasteiger partial charge on any atom is -0.307 e. The third kappa shape index (κ3) is 2.12. The van der Waals surface area contributed by atoms with E-state index in [-0.39, 0.29) is 0 Å². The molecule has 0 atom stereocenters. The average molecular weight is 219 g/mol. The van der Waals surface area contributed by atoms with Crippen LogP contribution in [0.25, 0.3) is 5.69 Å². The molecule has 1 aromatic heterocycles. The molecule has 0 unspecified atom stereocenters. The van der Waals surface area contributed by atoms with Crippen LogP contribution in [0.3, 0.4) is 0 Å². The maximum absolute atomic E-state index is 11.0. The fourth-order valence-electron chi connectivity index (χ4n) is 1.17. The van der Waals surface area contributed by atoms with E-state index in [1.165, 1.54) is 11.0 Å². The molecule has 0 fully saturated rings. The summed E-state index contributed by atoms with van der Waals surface area (Å²) in [4.78, 5) is 11.0. The van der Waals surface area contributed by atoms with Crippen LogP contribution in [0, 0.1) is 0 Å². The number of hydrogen-bond acceptors (Lipinski definition) is 5. The summed E-state index contributed by atoms with van der Waals surface area (Å²) in [5, 5.41) is 13.3. The first-order valence-corrected chi connectivity index (χ1v) is 4.40. The molecule has 0 aliphatic rings. The zero-order chi connectivity index (χ0) is 11.4. The van der Waals surface area contributed by atoms with Gasteiger partial charge in [-0.05, 0) is 28.6 Å². The van der Waals surface area contributed by atoms with E-state index in [2.05, 4.69) is 20.8 Å². The van der Waals surface area contributed by atoms with Crippen molar-refractivity contribution in [2.24, 2.45) is 5.84 Å². The number of amides is 2. The third-order valence-corrected chi connectivity index (χ3v) is 1.85. The summed E-state index contributed by atoms with van der Waals surface area (Å²) in [6.45, 7) is 0. The number of urea groups is 1. The molecule has 82 valence electrons. The van der Waals surface area contributed by atoms with Crippen molar-refractivity contribution in [1.82, 2.24) is 25.6 Å². The molecule has 0 aliphatic carbocycles. The second-order valence-corrected chi connectivity index (χ2v) is 2.90. The second-order valence-electron chi connectivity index (χ2n) is 2.90. The average Bonchev–Trinajstić information content (AvgIpc) is 2.83. The number of nitrogens with two attached hydrogens (primary N) is 1. The van der Waals surface area contributed by atoms with E-state index in [1.54, 1.807) is 18.2 Å². The third-order valence-electron chi connectivity index (χ3n) is 1.85. The van der Waals surface area contributed by atoms with Gasteiger partial charge < -0.3 is 5.32 Å². The van der Waals surface area contributed by atoms with Crippen LogP contribution in [-0.2, 0) is 0 Å². The largest absolute Gasteiger partial charge is 0.333 e. The van der Waals surface area contributed by atoms with Crippen LogP contribution in [0.4, 0.5) is 10.5 Å². The predicted molar refractivity (Wildman–Crippen MR) is 55.5 cm³/mol. The number of tetrazole rings is 1. The van der Waals surface area contributed by atoms with Gasteiger partial charge in [0.1, 0.15) is 6.33 Å². The van der Waals surface area contributed by atoms with Crippen molar-refractivity contribution in [2.45, 2.75) is 0 Å². The summed E-state index contributed by atoms with van der Waals surface area (Å²) in [6.07, 6.45) is 1.46. The Kier molecular flexibility index (Phi) is 2.74. The lowest BCUT2D eigenvalue weighted by atomic mass is 10.3. The summed E-state index contributed by atoms with van der Waals surface area (Å²) >= 11 is 0. The van der Waals surface area contributed by atoms with Gasteiger partial charge >= 0.3 is 6.03 Å². The van der Waals surface area contributed by atoms with Gasteiger partial charge in [0.25, 0.3) is 0 Å². The first kappa shape index (κ1) is 10.1. The van der Waals surface area contributed by atoms with Gasteiger partial charge in [0, 0.05) is 5.69 Å². The summed E-state index contributed by atoms with van der Waals surface area (Å²) < 4.78 is 1.48. The fourth-order valence-corrected chi connectivity index (χ4v) is 1.17. The highest BCUT2D eigenvalue weighted by Gasteiger charge is 2.02. The van der Waals surface area contributed by atoms with Crippen LogP contribution in [0.5, 0.6) is 0 Å². The summed E-state index contributed by atoms with van der Waals surface area (Å²) in [5.41, 5.74) is 3.30. The number of nitrogens with one attached hydrogen (secondary N) is 2. The molecule has 8 heteroatoms. The molecule has 0 saturated carbocycles. The maximum atomic E-state index is 11.0. The van der Waals surface area contributed by atoms with Gasteiger partial charge in [-0.25, -0.2) is 15.3 Å². The number of nitrogens with zero attached hydrogens (tertiary/aromatic N) is 4. The van der Waals surface area contributed by atoms with Crippen LogP contribution < -0.4 is 16.6 Å². The Morgan fingerprint density at radius 1 is 1.44 bits per heavy atom. The van der Waals surface area contributed by atoms with Crippen molar-refractivity contribution in [1.29, 1.82) is 0 Å². The molecule has 0 aliphatic heterocycles. The summed E-state index contributed by atoms with van der Waals surface area (Å²) in [7, 11) is 0. The Labute approximate surface area is 90.4 Å². The first-order chi connectivity index (χ1) is 7.79. The Bertz CT molecular complexity index is 481. The van der Waals surface area contributed by atoms with Gasteiger partial charge in [-0.3, -0.25) is 5.43 Å². The van der Waals surface area contributed by atoms with E-state index in [1.807, 2.05) is 11.5 Å². The topological polar surface area (TPSA) is 111 Å². The molecular formula is C8H9N7O. The number of hydrazine groups is 1. The SMILES string of the molecule is NNC(=O)Nc1cccc(-n2cnnn2)c1. The van der Waals surface area contributed by atoms with Crippen molar-refractivity contribution in [3.63, 3.8) is 0 Å². The van der Waals surface area contributed by atoms with E-state index in [9.17, 15) is 4.79 Å². The van der Waals surface area contributed by atoms with E-state index in [4.69, 9.17) is 5.84 Å². The maximum Gasteiger partial charge on any atom is 0.333 e. The smallest absolute Gasteiger partial charge is 0.307 e. The number of aromatic nitrogens is 4. The summed E-state index contributed by atoms with van der Waals surface area (Å²) in [5.74, 6) is 4.95. The van der Waals surface area contributed by atoms with Crippen LogP contribution in [0.15, 0.2) is 30.6 Å². The van der Waals surface area contributed by atoms with Crippen LogP contribution in [0.1, 0.15) is 0 Å². The van der Waals surface area contributed by atoms with Crippen molar-refractivity contribution < 1.29 is 4.79 Å². The number of carbonyl (C=O) groups excluding carboxylic acids is 1. The molecule has 8 nitrogen and oxygen atoms in total. The first-order valence-electron chi connectivity index (χ1n) is 4.40. The van der Waals surface area contributed by atoms with Gasteiger partial charge in [-0.15, -0.1) is 5.10 Å². The Balaban J connectivity index is 2.23. The molecule has 0 bridgehead atoms. The van der Waals surface area contributed by atoms with Crippen molar-refractivity contribution in [2.75, 3.05) is 5.32 Å². The quantitative estimate of drug-likeness (QED) is 0.363. The lowest BCUT2D eigenvalue weighted by molar-refractivity contribution is 0.252. The van der Waals surface area contributed by atoms with Crippen molar-refractivity contribution >= 4 is 11.7 Å². The van der Waals surface area contributed by atoms with Crippen LogP contribution >= 0.6 is 0 Å². The molecule has 0 saturated heterocycles. The van der Waals surface area contributed by atoms with Gasteiger partial charge in [0.2, 0.25) is 0 Å². The highest BCUT2D eigenvalue weighted by atomic mass is 16.2. The Morgan fingerprint density at radius 3 is 3.00 bits per heavy atom. The van der Waals surface area contributed by atoms with Gasteiger partial charge in [-0.2, -0.15) is 0 Å². The molecule has 1 heterocycles. The van der Waals surface area contributed by atoms with Gasteiger partial charge in [0.15, 0.2) is 0 Å². The molecule has 16 heavy (non-hydrogen) atoms. The molecule has 2 amide bonds. The van der Waals surface area contributed by atoms with E-state index >= 15 is 0 Å². The molecule has 4 N–H and O–H groups in total. The van der Waals surface area contributed by atoms with Crippen molar-refractivity contribution in [3.05, 3.63) is 30.6 Å². The van der Waals surface area contributed by atoms with Crippen molar-refractivity contribution in [3.8, 4) is 5.69 Å². The number of benzene rings is 1. The Morgan fingerprint density at radius 2 is 2.31 bits per heavy atom. The molecule has 2 rings (SSSR count). The van der Waals surface area contributed by atoms with E-state index < -0.39 is 6.03 Å². The highest BCUT2D eigenvalue weighted by Crippen LogP contribution is 2.12. The highest BCUT2D eigenvalue weighted by molar-refractivity contribution is 5.89. The standard InChI is InChI=1S/C8H9N7O/c9-12-8(16)11-6-2-1-3-7(4-6)15-5-10-13-14-15/h1-5H,9H2,(H2,11,12,16). The second kappa shape index (κ2) is 4.36. The molecule has 0 radical (unpaired) electrons. The van der Waals surface area contributed by atoms with E-state index in [0.29, 0.717) is 5.69 Å². The lowest BCUT2D eigenvalue weighted by Crippen LogP contribution is -2.34. The minimum atomic E-state index is -0.492. The Hall–Kier alpha value is -2.48. The van der Waals surface area contributed by atoms with Gasteiger partial charge in [0.05, 0.1) is 5.69 Å². The van der Waals surface area contributed by atoms with Crippen LogP contribution in [-0.4, -0.2) is 26.2 Å². The van der Waals surface area contributed by atoms with E-state index in [0.717, 1.165) is 5.69 Å². The lowest BCUT2D eigenvalue weighted by Gasteiger charge is -2.05.